The molecule has 2 rings (SSSR count). The Morgan fingerprint density at radius 2 is 2.37 bits per heavy atom. The summed E-state index contributed by atoms with van der Waals surface area (Å²) in [6.45, 7) is 7.79. The summed E-state index contributed by atoms with van der Waals surface area (Å²) in [5.41, 5.74) is 0.980. The summed E-state index contributed by atoms with van der Waals surface area (Å²) in [5.74, 6) is 0.284. The molecule has 104 valence electrons. The van der Waals surface area contributed by atoms with Crippen molar-refractivity contribution in [2.24, 2.45) is 0 Å². The molecule has 1 aromatic heterocycles. The van der Waals surface area contributed by atoms with Crippen LogP contribution in [0, 0.1) is 0 Å². The zero-order chi connectivity index (χ0) is 13.9. The van der Waals surface area contributed by atoms with Crippen molar-refractivity contribution in [2.45, 2.75) is 25.1 Å². The molecule has 1 fully saturated rings. The number of carboxylic acid groups (broad SMARTS) is 1. The molecule has 19 heavy (non-hydrogen) atoms. The summed E-state index contributed by atoms with van der Waals surface area (Å²) in [7, 11) is 0. The molecule has 0 spiro atoms. The zero-order valence-corrected chi connectivity index (χ0v) is 12.9. The van der Waals surface area contributed by atoms with Gasteiger partial charge >= 0.3 is 5.97 Å². The van der Waals surface area contributed by atoms with E-state index < -0.39 is 5.97 Å². The van der Waals surface area contributed by atoms with Crippen LogP contribution in [0.5, 0.6) is 0 Å². The minimum Gasteiger partial charge on any atom is -0.478 e. The summed E-state index contributed by atoms with van der Waals surface area (Å²) in [6, 6.07) is 2.08. The Morgan fingerprint density at radius 1 is 1.58 bits per heavy atom. The van der Waals surface area contributed by atoms with Gasteiger partial charge in [-0.2, -0.15) is 11.8 Å². The second-order valence-electron chi connectivity index (χ2n) is 5.34. The Hall–Kier alpha value is -0.780. The Labute approximate surface area is 122 Å². The Kier molecular flexibility index (Phi) is 4.71. The summed E-state index contributed by atoms with van der Waals surface area (Å²) in [4.78, 5) is 14.3. The highest BCUT2D eigenvalue weighted by Gasteiger charge is 2.26. The number of aliphatic carboxylic acids is 1. The second kappa shape index (κ2) is 6.11. The standard InChI is InChI=1S/C14H19NO2S2/c1-14(2)10-15(5-6-19-14)8-12-7-11(9-18-12)3-4-13(16)17/h3-4,7,9H,5-6,8,10H2,1-2H3,(H,16,17)/b4-3+. The van der Waals surface area contributed by atoms with Gasteiger partial charge in [0.1, 0.15) is 0 Å². The molecule has 0 unspecified atom stereocenters. The lowest BCUT2D eigenvalue weighted by Gasteiger charge is -2.37. The summed E-state index contributed by atoms with van der Waals surface area (Å²) in [6.07, 6.45) is 2.84. The lowest BCUT2D eigenvalue weighted by atomic mass is 10.2. The zero-order valence-electron chi connectivity index (χ0n) is 11.3. The normalized spacial score (nSPS) is 19.9. The van der Waals surface area contributed by atoms with Crippen LogP contribution >= 0.6 is 23.1 Å². The highest BCUT2D eigenvalue weighted by molar-refractivity contribution is 8.00. The van der Waals surface area contributed by atoms with E-state index in [1.54, 1.807) is 17.4 Å². The summed E-state index contributed by atoms with van der Waals surface area (Å²) < 4.78 is 0.335. The highest BCUT2D eigenvalue weighted by atomic mass is 32.2. The van der Waals surface area contributed by atoms with Gasteiger partial charge in [0, 0.05) is 41.1 Å². The van der Waals surface area contributed by atoms with E-state index in [1.807, 2.05) is 17.1 Å². The molecule has 3 nitrogen and oxygen atoms in total. The molecule has 1 saturated heterocycles. The quantitative estimate of drug-likeness (QED) is 0.867. The maximum atomic E-state index is 10.5. The third-order valence-corrected chi connectivity index (χ3v) is 5.21. The number of hydrogen-bond acceptors (Lipinski definition) is 4. The monoisotopic (exact) mass is 297 g/mol. The van der Waals surface area contributed by atoms with Gasteiger partial charge in [0.05, 0.1) is 0 Å². The third kappa shape index (κ3) is 4.67. The van der Waals surface area contributed by atoms with E-state index in [0.717, 1.165) is 25.2 Å². The van der Waals surface area contributed by atoms with Gasteiger partial charge in [-0.05, 0) is 36.9 Å². The van der Waals surface area contributed by atoms with E-state index in [9.17, 15) is 4.79 Å². The molecule has 0 bridgehead atoms. The fraction of sp³-hybridized carbons (Fsp3) is 0.500. The molecule has 0 amide bonds. The van der Waals surface area contributed by atoms with Gasteiger partial charge in [-0.15, -0.1) is 11.3 Å². The Morgan fingerprint density at radius 3 is 3.05 bits per heavy atom. The predicted molar refractivity (Wildman–Crippen MR) is 82.8 cm³/mol. The lowest BCUT2D eigenvalue weighted by Crippen LogP contribution is -2.42. The molecule has 0 radical (unpaired) electrons. The third-order valence-electron chi connectivity index (χ3n) is 2.98. The number of rotatable bonds is 4. The van der Waals surface area contributed by atoms with Crippen LogP contribution in [0.2, 0.25) is 0 Å². The molecule has 1 aliphatic heterocycles. The molecule has 1 N–H and O–H groups in total. The van der Waals surface area contributed by atoms with Crippen LogP contribution in [0.1, 0.15) is 24.3 Å². The van der Waals surface area contributed by atoms with Crippen molar-refractivity contribution >= 4 is 35.1 Å². The number of nitrogens with zero attached hydrogens (tertiary/aromatic N) is 1. The molecule has 1 aromatic rings. The maximum absolute atomic E-state index is 10.5. The van der Waals surface area contributed by atoms with Crippen molar-refractivity contribution < 1.29 is 9.90 Å². The molecule has 0 aliphatic carbocycles. The van der Waals surface area contributed by atoms with Gasteiger partial charge in [-0.1, -0.05) is 0 Å². The predicted octanol–water partition coefficient (Wildman–Crippen LogP) is 3.17. The van der Waals surface area contributed by atoms with E-state index in [4.69, 9.17) is 5.11 Å². The highest BCUT2D eigenvalue weighted by Crippen LogP contribution is 2.30. The van der Waals surface area contributed by atoms with Crippen LogP contribution in [0.25, 0.3) is 6.08 Å². The molecule has 2 heterocycles. The van der Waals surface area contributed by atoms with Crippen LogP contribution in [-0.4, -0.2) is 39.6 Å². The number of hydrogen-bond donors (Lipinski definition) is 1. The van der Waals surface area contributed by atoms with E-state index in [2.05, 4.69) is 24.8 Å². The number of thioether (sulfide) groups is 1. The van der Waals surface area contributed by atoms with Gasteiger partial charge in [-0.3, -0.25) is 4.90 Å². The fourth-order valence-electron chi connectivity index (χ4n) is 2.21. The fourth-order valence-corrected chi connectivity index (χ4v) is 4.28. The van der Waals surface area contributed by atoms with Gasteiger partial charge < -0.3 is 5.11 Å². The van der Waals surface area contributed by atoms with Gasteiger partial charge in [0.2, 0.25) is 0 Å². The average Bonchev–Trinajstić information content (AvgIpc) is 2.73. The van der Waals surface area contributed by atoms with Crippen LogP contribution < -0.4 is 0 Å². The Bertz CT molecular complexity index is 480. The number of thiophene rings is 1. The van der Waals surface area contributed by atoms with E-state index in [-0.39, 0.29) is 0 Å². The molecule has 0 aromatic carbocycles. The first kappa shape index (κ1) is 14.6. The molecule has 1 aliphatic rings. The van der Waals surface area contributed by atoms with Crippen molar-refractivity contribution in [3.8, 4) is 0 Å². The van der Waals surface area contributed by atoms with E-state index >= 15 is 0 Å². The lowest BCUT2D eigenvalue weighted by molar-refractivity contribution is -0.131. The molecular weight excluding hydrogens is 278 g/mol. The molecular formula is C14H19NO2S2. The van der Waals surface area contributed by atoms with Crippen LogP contribution in [0.15, 0.2) is 17.5 Å². The minimum absolute atomic E-state index is 0.335. The first-order chi connectivity index (χ1) is 8.94. The summed E-state index contributed by atoms with van der Waals surface area (Å²) >= 11 is 3.74. The maximum Gasteiger partial charge on any atom is 0.328 e. The van der Waals surface area contributed by atoms with Gasteiger partial charge in [-0.25, -0.2) is 4.79 Å². The SMILES string of the molecule is CC1(C)CN(Cc2cc(/C=C/C(=O)O)cs2)CCS1. The van der Waals surface area contributed by atoms with Gasteiger partial charge in [0.15, 0.2) is 0 Å². The largest absolute Gasteiger partial charge is 0.478 e. The first-order valence-corrected chi connectivity index (χ1v) is 8.16. The van der Waals surface area contributed by atoms with Crippen molar-refractivity contribution in [1.82, 2.24) is 4.90 Å². The molecule has 0 saturated carbocycles. The number of carboxylic acids is 1. The van der Waals surface area contributed by atoms with Crippen LogP contribution in [-0.2, 0) is 11.3 Å². The van der Waals surface area contributed by atoms with Crippen molar-refractivity contribution in [1.29, 1.82) is 0 Å². The second-order valence-corrected chi connectivity index (χ2v) is 8.13. The van der Waals surface area contributed by atoms with E-state index in [0.29, 0.717) is 4.75 Å². The van der Waals surface area contributed by atoms with Crippen molar-refractivity contribution in [3.05, 3.63) is 28.0 Å². The summed E-state index contributed by atoms with van der Waals surface area (Å²) in [5, 5.41) is 10.6. The Balaban J connectivity index is 1.94. The van der Waals surface area contributed by atoms with Gasteiger partial charge in [0.25, 0.3) is 0 Å². The molecule has 5 heteroatoms. The minimum atomic E-state index is -0.900. The van der Waals surface area contributed by atoms with Crippen LogP contribution in [0.4, 0.5) is 0 Å². The van der Waals surface area contributed by atoms with Crippen molar-refractivity contribution in [3.63, 3.8) is 0 Å². The van der Waals surface area contributed by atoms with Crippen LogP contribution in [0.3, 0.4) is 0 Å². The van der Waals surface area contributed by atoms with E-state index in [1.165, 1.54) is 16.7 Å². The molecule has 0 atom stereocenters. The average molecular weight is 297 g/mol. The topological polar surface area (TPSA) is 40.5 Å². The smallest absolute Gasteiger partial charge is 0.328 e. The van der Waals surface area contributed by atoms with Crippen molar-refractivity contribution in [2.75, 3.05) is 18.8 Å². The number of carbonyl (C=O) groups is 1. The first-order valence-electron chi connectivity index (χ1n) is 6.29.